The lowest BCUT2D eigenvalue weighted by atomic mass is 10.1. The summed E-state index contributed by atoms with van der Waals surface area (Å²) in [5, 5.41) is 0. The Balaban J connectivity index is 1.83. The zero-order chi connectivity index (χ0) is 14.2. The van der Waals surface area contributed by atoms with Crippen molar-refractivity contribution in [3.8, 4) is 11.5 Å². The summed E-state index contributed by atoms with van der Waals surface area (Å²) in [6.07, 6.45) is 6.29. The second kappa shape index (κ2) is 7.39. The summed E-state index contributed by atoms with van der Waals surface area (Å²) < 4.78 is 10.3. The SMILES string of the molecule is COc1ccc(C/C=C/Cc2ccc(OC)cc2)cc1. The van der Waals surface area contributed by atoms with Crippen LogP contribution in [-0.2, 0) is 12.8 Å². The van der Waals surface area contributed by atoms with E-state index in [9.17, 15) is 0 Å². The Morgan fingerprint density at radius 1 is 0.650 bits per heavy atom. The Morgan fingerprint density at radius 3 is 1.30 bits per heavy atom. The molecule has 0 aliphatic heterocycles. The van der Waals surface area contributed by atoms with E-state index in [0.29, 0.717) is 0 Å². The van der Waals surface area contributed by atoms with Gasteiger partial charge < -0.3 is 9.47 Å². The van der Waals surface area contributed by atoms with Crippen LogP contribution in [0.25, 0.3) is 0 Å². The van der Waals surface area contributed by atoms with E-state index in [4.69, 9.17) is 9.47 Å². The molecule has 0 heterocycles. The smallest absolute Gasteiger partial charge is 0.118 e. The van der Waals surface area contributed by atoms with Crippen LogP contribution in [0.5, 0.6) is 11.5 Å². The molecule has 2 aromatic carbocycles. The molecule has 0 aliphatic rings. The number of methoxy groups -OCH3 is 2. The first-order valence-electron chi connectivity index (χ1n) is 6.72. The Labute approximate surface area is 120 Å². The van der Waals surface area contributed by atoms with E-state index in [2.05, 4.69) is 36.4 Å². The number of hydrogen-bond donors (Lipinski definition) is 0. The Kier molecular flexibility index (Phi) is 5.24. The summed E-state index contributed by atoms with van der Waals surface area (Å²) in [6, 6.07) is 16.3. The Bertz CT molecular complexity index is 487. The second-order valence-corrected chi connectivity index (χ2v) is 4.58. The molecule has 0 unspecified atom stereocenters. The van der Waals surface area contributed by atoms with Gasteiger partial charge in [-0.05, 0) is 48.2 Å². The average Bonchev–Trinajstić information content (AvgIpc) is 2.53. The quantitative estimate of drug-likeness (QED) is 0.736. The highest BCUT2D eigenvalue weighted by Crippen LogP contribution is 2.13. The molecular weight excluding hydrogens is 248 g/mol. The van der Waals surface area contributed by atoms with Gasteiger partial charge in [0.2, 0.25) is 0 Å². The Hall–Kier alpha value is -2.22. The summed E-state index contributed by atoms with van der Waals surface area (Å²) in [6.45, 7) is 0. The molecule has 0 amide bonds. The topological polar surface area (TPSA) is 18.5 Å². The van der Waals surface area contributed by atoms with Gasteiger partial charge >= 0.3 is 0 Å². The van der Waals surface area contributed by atoms with E-state index in [1.54, 1.807) is 14.2 Å². The molecule has 2 nitrogen and oxygen atoms in total. The third-order valence-electron chi connectivity index (χ3n) is 3.19. The molecule has 0 radical (unpaired) electrons. The van der Waals surface area contributed by atoms with Crippen molar-refractivity contribution in [3.05, 3.63) is 71.8 Å². The van der Waals surface area contributed by atoms with Gasteiger partial charge in [-0.3, -0.25) is 0 Å². The van der Waals surface area contributed by atoms with Crippen LogP contribution >= 0.6 is 0 Å². The average molecular weight is 268 g/mol. The van der Waals surface area contributed by atoms with Gasteiger partial charge in [0.15, 0.2) is 0 Å². The fourth-order valence-electron chi connectivity index (χ4n) is 1.96. The first-order chi connectivity index (χ1) is 9.81. The van der Waals surface area contributed by atoms with Gasteiger partial charge in [0.05, 0.1) is 14.2 Å². The first-order valence-corrected chi connectivity index (χ1v) is 6.72. The van der Waals surface area contributed by atoms with Crippen molar-refractivity contribution in [2.24, 2.45) is 0 Å². The van der Waals surface area contributed by atoms with Gasteiger partial charge in [-0.15, -0.1) is 0 Å². The molecule has 0 atom stereocenters. The molecule has 2 aromatic rings. The zero-order valence-electron chi connectivity index (χ0n) is 12.0. The maximum atomic E-state index is 5.14. The van der Waals surface area contributed by atoms with Crippen LogP contribution in [0.3, 0.4) is 0 Å². The van der Waals surface area contributed by atoms with E-state index in [0.717, 1.165) is 24.3 Å². The molecule has 0 saturated carbocycles. The van der Waals surface area contributed by atoms with Gasteiger partial charge in [0.25, 0.3) is 0 Å². The summed E-state index contributed by atoms with van der Waals surface area (Å²) in [5.74, 6) is 1.80. The summed E-state index contributed by atoms with van der Waals surface area (Å²) in [5.41, 5.74) is 2.58. The van der Waals surface area contributed by atoms with Gasteiger partial charge in [-0.25, -0.2) is 0 Å². The van der Waals surface area contributed by atoms with Crippen molar-refractivity contribution < 1.29 is 9.47 Å². The molecule has 0 N–H and O–H groups in total. The number of rotatable bonds is 6. The van der Waals surface area contributed by atoms with Gasteiger partial charge in [-0.1, -0.05) is 36.4 Å². The van der Waals surface area contributed by atoms with E-state index >= 15 is 0 Å². The van der Waals surface area contributed by atoms with Crippen LogP contribution < -0.4 is 9.47 Å². The minimum Gasteiger partial charge on any atom is -0.497 e. The van der Waals surface area contributed by atoms with Crippen molar-refractivity contribution in [1.29, 1.82) is 0 Å². The van der Waals surface area contributed by atoms with Crippen LogP contribution in [0, 0.1) is 0 Å². The minimum atomic E-state index is 0.899. The highest BCUT2D eigenvalue weighted by Gasteiger charge is 1.93. The lowest BCUT2D eigenvalue weighted by Gasteiger charge is -2.01. The fourth-order valence-corrected chi connectivity index (χ4v) is 1.96. The lowest BCUT2D eigenvalue weighted by Crippen LogP contribution is -1.86. The summed E-state index contributed by atoms with van der Waals surface area (Å²) in [7, 11) is 3.37. The van der Waals surface area contributed by atoms with E-state index in [1.807, 2.05) is 24.3 Å². The van der Waals surface area contributed by atoms with Gasteiger partial charge in [0.1, 0.15) is 11.5 Å². The minimum absolute atomic E-state index is 0.899. The van der Waals surface area contributed by atoms with E-state index in [1.165, 1.54) is 11.1 Å². The monoisotopic (exact) mass is 268 g/mol. The highest BCUT2D eigenvalue weighted by atomic mass is 16.5. The van der Waals surface area contributed by atoms with Crippen molar-refractivity contribution in [3.63, 3.8) is 0 Å². The number of benzene rings is 2. The number of hydrogen-bond acceptors (Lipinski definition) is 2. The van der Waals surface area contributed by atoms with Crippen LogP contribution in [0.1, 0.15) is 11.1 Å². The van der Waals surface area contributed by atoms with Crippen LogP contribution in [0.15, 0.2) is 60.7 Å². The molecule has 0 aromatic heterocycles. The van der Waals surface area contributed by atoms with Crippen molar-refractivity contribution in [1.82, 2.24) is 0 Å². The standard InChI is InChI=1S/C18H20O2/c1-19-17-11-7-15(8-12-17)5-3-4-6-16-9-13-18(20-2)14-10-16/h3-4,7-14H,5-6H2,1-2H3/b4-3+. The molecule has 0 aliphatic carbocycles. The third kappa shape index (κ3) is 4.16. The Morgan fingerprint density at radius 2 is 1.00 bits per heavy atom. The molecule has 2 rings (SSSR count). The predicted molar refractivity (Wildman–Crippen MR) is 82.5 cm³/mol. The van der Waals surface area contributed by atoms with Gasteiger partial charge in [-0.2, -0.15) is 0 Å². The van der Waals surface area contributed by atoms with E-state index in [-0.39, 0.29) is 0 Å². The zero-order valence-corrected chi connectivity index (χ0v) is 12.0. The molecule has 20 heavy (non-hydrogen) atoms. The largest absolute Gasteiger partial charge is 0.497 e. The fraction of sp³-hybridized carbons (Fsp3) is 0.222. The molecule has 0 fully saturated rings. The number of ether oxygens (including phenoxy) is 2. The molecule has 0 bridgehead atoms. The van der Waals surface area contributed by atoms with Crippen LogP contribution in [0.2, 0.25) is 0 Å². The molecule has 0 saturated heterocycles. The third-order valence-corrected chi connectivity index (χ3v) is 3.19. The summed E-state index contributed by atoms with van der Waals surface area (Å²) in [4.78, 5) is 0. The van der Waals surface area contributed by atoms with Crippen LogP contribution in [0.4, 0.5) is 0 Å². The highest BCUT2D eigenvalue weighted by molar-refractivity contribution is 5.30. The van der Waals surface area contributed by atoms with Crippen LogP contribution in [-0.4, -0.2) is 14.2 Å². The van der Waals surface area contributed by atoms with Crippen molar-refractivity contribution in [2.45, 2.75) is 12.8 Å². The number of allylic oxidation sites excluding steroid dienone is 2. The van der Waals surface area contributed by atoms with E-state index < -0.39 is 0 Å². The normalized spacial score (nSPS) is 10.7. The second-order valence-electron chi connectivity index (χ2n) is 4.58. The molecule has 104 valence electrons. The maximum absolute atomic E-state index is 5.14. The van der Waals surface area contributed by atoms with Gasteiger partial charge in [0, 0.05) is 0 Å². The first kappa shape index (κ1) is 14.2. The molecular formula is C18H20O2. The van der Waals surface area contributed by atoms with Crippen molar-refractivity contribution in [2.75, 3.05) is 14.2 Å². The van der Waals surface area contributed by atoms with Crippen molar-refractivity contribution >= 4 is 0 Å². The maximum Gasteiger partial charge on any atom is 0.118 e. The predicted octanol–water partition coefficient (Wildman–Crippen LogP) is 4.05. The summed E-state index contributed by atoms with van der Waals surface area (Å²) >= 11 is 0. The molecule has 2 heteroatoms. The molecule has 0 spiro atoms. The lowest BCUT2D eigenvalue weighted by molar-refractivity contribution is 0.414.